The van der Waals surface area contributed by atoms with Gasteiger partial charge in [0.15, 0.2) is 0 Å². The van der Waals surface area contributed by atoms with E-state index < -0.39 is 20.0 Å². The minimum atomic E-state index is -4.31. The van der Waals surface area contributed by atoms with Gasteiger partial charge in [-0.1, -0.05) is 54.6 Å². The van der Waals surface area contributed by atoms with Gasteiger partial charge in [0.2, 0.25) is 0 Å². The minimum absolute atomic E-state index is 0.0139. The monoisotopic (exact) mass is 395 g/mol. The zero-order valence-corrected chi connectivity index (χ0v) is 15.5. The van der Waals surface area contributed by atoms with E-state index in [1.807, 2.05) is 18.2 Å². The number of hydrogen-bond acceptors (Lipinski definition) is 4. The molecule has 1 aliphatic rings. The van der Waals surface area contributed by atoms with E-state index >= 15 is 0 Å². The summed E-state index contributed by atoms with van der Waals surface area (Å²) in [6.45, 7) is 0. The van der Waals surface area contributed by atoms with Crippen LogP contribution in [0.3, 0.4) is 0 Å². The van der Waals surface area contributed by atoms with Crippen LogP contribution < -0.4 is 3.71 Å². The first-order valence-electron chi connectivity index (χ1n) is 8.22. The summed E-state index contributed by atoms with van der Waals surface area (Å²) >= 11 is 0. The molecule has 0 radical (unpaired) electrons. The number of nitrogens with zero attached hydrogens (tertiary/aromatic N) is 1. The Hall–Kier alpha value is -2.90. The van der Waals surface area contributed by atoms with E-state index in [0.717, 1.165) is 10.8 Å². The number of rotatable bonds is 2. The zero-order valence-electron chi connectivity index (χ0n) is 13.9. The summed E-state index contributed by atoms with van der Waals surface area (Å²) in [5, 5.41) is 2.73. The lowest BCUT2D eigenvalue weighted by atomic mass is 10.1. The van der Waals surface area contributed by atoms with Gasteiger partial charge in [-0.2, -0.15) is 12.1 Å². The molecule has 0 aromatic heterocycles. The summed E-state index contributed by atoms with van der Waals surface area (Å²) in [4.78, 5) is -0.0467. The van der Waals surface area contributed by atoms with Crippen LogP contribution in [0.25, 0.3) is 21.5 Å². The largest absolute Gasteiger partial charge is 0.278 e. The lowest BCUT2D eigenvalue weighted by Gasteiger charge is -2.19. The summed E-state index contributed by atoms with van der Waals surface area (Å²) < 4.78 is 53.4. The lowest BCUT2D eigenvalue weighted by Crippen LogP contribution is -2.33. The molecule has 0 N–H and O–H groups in total. The highest BCUT2D eigenvalue weighted by atomic mass is 32.3. The predicted octanol–water partition coefficient (Wildman–Crippen LogP) is 3.89. The molecule has 0 unspecified atom stereocenters. The average molecular weight is 395 g/mol. The molecule has 0 amide bonds. The molecule has 27 heavy (non-hydrogen) atoms. The van der Waals surface area contributed by atoms with Crippen molar-refractivity contribution in [3.05, 3.63) is 78.9 Å². The Morgan fingerprint density at radius 2 is 1.37 bits per heavy atom. The van der Waals surface area contributed by atoms with Crippen LogP contribution in [0, 0.1) is 0 Å². The third kappa shape index (κ3) is 2.15. The molecule has 4 aromatic rings. The highest BCUT2D eigenvalue weighted by Crippen LogP contribution is 2.45. The highest BCUT2D eigenvalue weighted by molar-refractivity contribution is 8.10. The first-order valence-corrected chi connectivity index (χ1v) is 11.1. The molecule has 1 heterocycles. The standard InChI is InChI=1S/C20H13NO4S2/c22-26(23,17-12-11-14-5-1-2-6-16(14)13-17)21-18-9-3-7-15-8-4-10-19(20(15)18)27(21,24)25/h1-13H. The number of fused-ring (bicyclic) bond motifs is 1. The number of hydrogen-bond donors (Lipinski definition) is 0. The smallest absolute Gasteiger partial charge is 0.200 e. The molecule has 0 aliphatic carbocycles. The van der Waals surface area contributed by atoms with E-state index in [1.165, 1.54) is 24.3 Å². The minimum Gasteiger partial charge on any atom is -0.200 e. The van der Waals surface area contributed by atoms with Crippen LogP contribution in [0.4, 0.5) is 5.69 Å². The van der Waals surface area contributed by atoms with Crippen molar-refractivity contribution in [3.63, 3.8) is 0 Å². The lowest BCUT2D eigenvalue weighted by molar-refractivity contribution is 0.586. The van der Waals surface area contributed by atoms with Gasteiger partial charge in [-0.25, -0.2) is 8.42 Å². The van der Waals surface area contributed by atoms with Gasteiger partial charge in [-0.15, -0.1) is 0 Å². The second-order valence-corrected chi connectivity index (χ2v) is 10.1. The van der Waals surface area contributed by atoms with Gasteiger partial charge in [0, 0.05) is 5.39 Å². The van der Waals surface area contributed by atoms with Gasteiger partial charge in [0.25, 0.3) is 20.0 Å². The summed E-state index contributed by atoms with van der Waals surface area (Å²) in [5.41, 5.74) is 0.163. The second kappa shape index (κ2) is 5.31. The van der Waals surface area contributed by atoms with Crippen LogP contribution in [0.15, 0.2) is 88.7 Å². The fraction of sp³-hybridized carbons (Fsp3) is 0. The molecule has 0 saturated carbocycles. The van der Waals surface area contributed by atoms with E-state index in [9.17, 15) is 16.8 Å². The molecule has 0 fully saturated rings. The fourth-order valence-electron chi connectivity index (χ4n) is 3.56. The quantitative estimate of drug-likeness (QED) is 0.516. The number of anilines is 1. The van der Waals surface area contributed by atoms with Crippen molar-refractivity contribution in [2.24, 2.45) is 0 Å². The SMILES string of the molecule is O=S(=O)(c1ccc2ccccc2c1)N1c2cccc3cccc(c23)S1(=O)=O. The first kappa shape index (κ1) is 16.3. The predicted molar refractivity (Wildman–Crippen MR) is 105 cm³/mol. The van der Waals surface area contributed by atoms with E-state index in [-0.39, 0.29) is 15.5 Å². The van der Waals surface area contributed by atoms with Gasteiger partial charge < -0.3 is 0 Å². The van der Waals surface area contributed by atoms with Gasteiger partial charge in [-0.3, -0.25) is 0 Å². The van der Waals surface area contributed by atoms with Crippen LogP contribution in [-0.2, 0) is 20.0 Å². The fourth-order valence-corrected chi connectivity index (χ4v) is 7.53. The Bertz CT molecular complexity index is 1450. The molecule has 5 rings (SSSR count). The van der Waals surface area contributed by atoms with Crippen LogP contribution in [0.2, 0.25) is 0 Å². The molecule has 0 atom stereocenters. The normalized spacial score (nSPS) is 15.5. The molecule has 134 valence electrons. The van der Waals surface area contributed by atoms with Crippen molar-refractivity contribution in [1.29, 1.82) is 0 Å². The molecule has 0 bridgehead atoms. The maximum Gasteiger partial charge on any atom is 0.278 e. The molecule has 4 aromatic carbocycles. The number of benzene rings is 4. The Morgan fingerprint density at radius 3 is 2.15 bits per heavy atom. The summed E-state index contributed by atoms with van der Waals surface area (Å²) in [5.74, 6) is 0. The molecule has 0 saturated heterocycles. The van der Waals surface area contributed by atoms with Gasteiger partial charge in [0.1, 0.15) is 0 Å². The Kier molecular flexibility index (Phi) is 3.20. The van der Waals surface area contributed by atoms with Gasteiger partial charge in [0.05, 0.1) is 15.5 Å². The Balaban J connectivity index is 1.80. The van der Waals surface area contributed by atoms with Crippen LogP contribution in [-0.4, -0.2) is 16.8 Å². The third-order valence-electron chi connectivity index (χ3n) is 4.77. The van der Waals surface area contributed by atoms with Crippen molar-refractivity contribution in [1.82, 2.24) is 0 Å². The maximum atomic E-state index is 13.3. The van der Waals surface area contributed by atoms with E-state index in [1.54, 1.807) is 36.4 Å². The van der Waals surface area contributed by atoms with Crippen molar-refractivity contribution in [2.75, 3.05) is 3.71 Å². The van der Waals surface area contributed by atoms with E-state index in [2.05, 4.69) is 0 Å². The third-order valence-corrected chi connectivity index (χ3v) is 8.96. The molecular weight excluding hydrogens is 382 g/mol. The molecule has 7 heteroatoms. The van der Waals surface area contributed by atoms with E-state index in [4.69, 9.17) is 0 Å². The Morgan fingerprint density at radius 1 is 0.704 bits per heavy atom. The zero-order chi connectivity index (χ0) is 18.8. The maximum absolute atomic E-state index is 13.3. The highest BCUT2D eigenvalue weighted by Gasteiger charge is 2.44. The summed E-state index contributed by atoms with van der Waals surface area (Å²) in [7, 11) is -8.52. The van der Waals surface area contributed by atoms with Crippen molar-refractivity contribution < 1.29 is 16.8 Å². The number of sulfonamides is 2. The van der Waals surface area contributed by atoms with Gasteiger partial charge in [-0.05, 0) is 40.4 Å². The average Bonchev–Trinajstić information content (AvgIpc) is 2.90. The van der Waals surface area contributed by atoms with Crippen molar-refractivity contribution in [2.45, 2.75) is 9.79 Å². The summed E-state index contributed by atoms with van der Waals surface area (Å²) in [6.07, 6.45) is 0. The van der Waals surface area contributed by atoms with Crippen LogP contribution in [0.1, 0.15) is 0 Å². The topological polar surface area (TPSA) is 71.5 Å². The molecule has 1 aliphatic heterocycles. The Labute approximate surface area is 156 Å². The molecular formula is C20H13NO4S2. The molecule has 5 nitrogen and oxygen atoms in total. The first-order chi connectivity index (χ1) is 12.9. The van der Waals surface area contributed by atoms with E-state index in [0.29, 0.717) is 14.5 Å². The summed E-state index contributed by atoms with van der Waals surface area (Å²) in [6, 6.07) is 21.7. The molecule has 0 spiro atoms. The van der Waals surface area contributed by atoms with Crippen molar-refractivity contribution >= 4 is 47.3 Å². The van der Waals surface area contributed by atoms with Crippen LogP contribution in [0.5, 0.6) is 0 Å². The van der Waals surface area contributed by atoms with Crippen LogP contribution >= 0.6 is 0 Å². The van der Waals surface area contributed by atoms with Crippen molar-refractivity contribution in [3.8, 4) is 0 Å². The second-order valence-electron chi connectivity index (χ2n) is 6.35. The van der Waals surface area contributed by atoms with Gasteiger partial charge >= 0.3 is 0 Å².